The molecule has 7 heteroatoms. The quantitative estimate of drug-likeness (QED) is 0.553. The molecule has 0 spiro atoms. The number of aromatic nitrogens is 3. The molecule has 1 aliphatic rings. The zero-order valence-corrected chi connectivity index (χ0v) is 17.4. The van der Waals surface area contributed by atoms with Crippen molar-refractivity contribution in [3.8, 4) is 17.0 Å². The van der Waals surface area contributed by atoms with Crippen LogP contribution < -0.4 is 15.0 Å². The van der Waals surface area contributed by atoms with Crippen molar-refractivity contribution in [2.24, 2.45) is 0 Å². The molecule has 0 saturated carbocycles. The highest BCUT2D eigenvalue weighted by molar-refractivity contribution is 7.25. The predicted molar refractivity (Wildman–Crippen MR) is 119 cm³/mol. The van der Waals surface area contributed by atoms with Crippen molar-refractivity contribution in [3.63, 3.8) is 0 Å². The van der Waals surface area contributed by atoms with E-state index in [1.54, 1.807) is 11.3 Å². The van der Waals surface area contributed by atoms with Gasteiger partial charge in [0.25, 0.3) is 0 Å². The van der Waals surface area contributed by atoms with Crippen LogP contribution >= 0.6 is 11.3 Å². The van der Waals surface area contributed by atoms with E-state index in [9.17, 15) is 0 Å². The molecule has 0 bridgehead atoms. The summed E-state index contributed by atoms with van der Waals surface area (Å²) in [5.74, 6) is 1.40. The van der Waals surface area contributed by atoms with Crippen molar-refractivity contribution in [2.45, 2.75) is 13.8 Å². The first-order valence-electron chi connectivity index (χ1n) is 10.0. The van der Waals surface area contributed by atoms with Gasteiger partial charge in [-0.2, -0.15) is 4.98 Å². The zero-order valence-electron chi connectivity index (χ0n) is 16.6. The zero-order chi connectivity index (χ0) is 19.8. The van der Waals surface area contributed by atoms with Gasteiger partial charge < -0.3 is 15.0 Å². The van der Waals surface area contributed by atoms with Crippen molar-refractivity contribution < 1.29 is 4.74 Å². The van der Waals surface area contributed by atoms with Crippen molar-refractivity contribution >= 4 is 37.7 Å². The Morgan fingerprint density at radius 2 is 1.90 bits per heavy atom. The molecule has 1 aliphatic heterocycles. The van der Waals surface area contributed by atoms with Crippen molar-refractivity contribution in [1.29, 1.82) is 0 Å². The van der Waals surface area contributed by atoms with Crippen LogP contribution in [0.25, 0.3) is 31.6 Å². The fourth-order valence-electron chi connectivity index (χ4n) is 3.81. The summed E-state index contributed by atoms with van der Waals surface area (Å²) >= 11 is 1.61. The maximum atomic E-state index is 5.95. The van der Waals surface area contributed by atoms with Gasteiger partial charge >= 0.3 is 0 Å². The third-order valence-electron chi connectivity index (χ3n) is 5.14. The predicted octanol–water partition coefficient (Wildman–Crippen LogP) is 4.02. The van der Waals surface area contributed by atoms with Gasteiger partial charge in [0, 0.05) is 37.3 Å². The fourth-order valence-corrected chi connectivity index (χ4v) is 4.94. The average Bonchev–Trinajstić information content (AvgIpc) is 3.13. The van der Waals surface area contributed by atoms with Crippen LogP contribution in [-0.4, -0.2) is 47.7 Å². The molecule has 5 rings (SSSR count). The third-order valence-corrected chi connectivity index (χ3v) is 6.20. The van der Waals surface area contributed by atoms with Gasteiger partial charge in [0.2, 0.25) is 11.8 Å². The Morgan fingerprint density at radius 3 is 2.66 bits per heavy atom. The largest absolute Gasteiger partial charge is 0.477 e. The van der Waals surface area contributed by atoms with Gasteiger partial charge in [0.15, 0.2) is 0 Å². The second-order valence-electron chi connectivity index (χ2n) is 7.14. The summed E-state index contributed by atoms with van der Waals surface area (Å²) in [6, 6.07) is 12.6. The molecule has 1 aromatic carbocycles. The number of hydrogen-bond acceptors (Lipinski definition) is 7. The van der Waals surface area contributed by atoms with Crippen LogP contribution in [0.3, 0.4) is 0 Å². The maximum absolute atomic E-state index is 5.95. The van der Waals surface area contributed by atoms with Gasteiger partial charge in [-0.3, -0.25) is 0 Å². The Bertz CT molecular complexity index is 1170. The van der Waals surface area contributed by atoms with Gasteiger partial charge in [-0.05, 0) is 31.0 Å². The lowest BCUT2D eigenvalue weighted by atomic mass is 10.0. The van der Waals surface area contributed by atoms with Gasteiger partial charge in [-0.1, -0.05) is 30.3 Å². The van der Waals surface area contributed by atoms with E-state index in [2.05, 4.69) is 40.5 Å². The lowest BCUT2D eigenvalue weighted by molar-refractivity contribution is 0.331. The molecular weight excluding hydrogens is 382 g/mol. The summed E-state index contributed by atoms with van der Waals surface area (Å²) in [6.07, 6.45) is 0. The molecule has 4 heterocycles. The van der Waals surface area contributed by atoms with E-state index >= 15 is 0 Å². The van der Waals surface area contributed by atoms with Gasteiger partial charge in [-0.15, -0.1) is 11.3 Å². The Labute approximate surface area is 173 Å². The monoisotopic (exact) mass is 405 g/mol. The number of benzene rings is 1. The molecule has 0 radical (unpaired) electrons. The number of pyridine rings is 1. The molecule has 1 saturated heterocycles. The smallest absolute Gasteiger partial charge is 0.236 e. The van der Waals surface area contributed by atoms with Crippen molar-refractivity contribution in [2.75, 3.05) is 37.7 Å². The molecule has 4 aromatic rings. The van der Waals surface area contributed by atoms with E-state index in [1.165, 1.54) is 5.56 Å². The minimum absolute atomic E-state index is 0.569. The summed E-state index contributed by atoms with van der Waals surface area (Å²) in [6.45, 7) is 8.25. The molecule has 0 aliphatic carbocycles. The van der Waals surface area contributed by atoms with Crippen LogP contribution in [-0.2, 0) is 0 Å². The molecule has 6 nitrogen and oxygen atoms in total. The Hall–Kier alpha value is -2.77. The van der Waals surface area contributed by atoms with E-state index < -0.39 is 0 Å². The lowest BCUT2D eigenvalue weighted by Gasteiger charge is -2.27. The number of piperazine rings is 1. The van der Waals surface area contributed by atoms with E-state index in [4.69, 9.17) is 19.7 Å². The van der Waals surface area contributed by atoms with Crippen LogP contribution in [0, 0.1) is 6.92 Å². The number of fused-ring (bicyclic) bond motifs is 3. The molecule has 0 amide bonds. The summed E-state index contributed by atoms with van der Waals surface area (Å²) in [4.78, 5) is 17.8. The first-order chi connectivity index (χ1) is 14.2. The second-order valence-corrected chi connectivity index (χ2v) is 8.14. The van der Waals surface area contributed by atoms with Gasteiger partial charge in [0.1, 0.15) is 15.0 Å². The number of aryl methyl sites for hydroxylation is 1. The molecule has 1 fully saturated rings. The molecule has 29 heavy (non-hydrogen) atoms. The van der Waals surface area contributed by atoms with Crippen LogP contribution in [0.15, 0.2) is 36.4 Å². The lowest BCUT2D eigenvalue weighted by Crippen LogP contribution is -2.44. The van der Waals surface area contributed by atoms with Crippen LogP contribution in [0.2, 0.25) is 0 Å². The molecule has 0 atom stereocenters. The average molecular weight is 406 g/mol. The summed E-state index contributed by atoms with van der Waals surface area (Å²) in [7, 11) is 0. The van der Waals surface area contributed by atoms with Crippen LogP contribution in [0.1, 0.15) is 12.6 Å². The molecular formula is C22H23N5OS. The third kappa shape index (κ3) is 3.30. The molecule has 0 unspecified atom stereocenters. The molecule has 148 valence electrons. The van der Waals surface area contributed by atoms with Gasteiger partial charge in [0.05, 0.1) is 6.61 Å². The normalized spacial score (nSPS) is 14.6. The first kappa shape index (κ1) is 18.3. The van der Waals surface area contributed by atoms with Crippen LogP contribution in [0.5, 0.6) is 5.88 Å². The number of rotatable bonds is 4. The van der Waals surface area contributed by atoms with E-state index in [0.29, 0.717) is 12.5 Å². The number of ether oxygens (including phenoxy) is 1. The van der Waals surface area contributed by atoms with Crippen molar-refractivity contribution in [1.82, 2.24) is 20.3 Å². The summed E-state index contributed by atoms with van der Waals surface area (Å²) < 4.78 is 6.91. The number of thiophene rings is 1. The van der Waals surface area contributed by atoms with Crippen LogP contribution in [0.4, 0.5) is 5.95 Å². The number of hydrogen-bond donors (Lipinski definition) is 1. The fraction of sp³-hybridized carbons (Fsp3) is 0.318. The highest BCUT2D eigenvalue weighted by Gasteiger charge is 2.22. The topological polar surface area (TPSA) is 63.2 Å². The highest BCUT2D eigenvalue weighted by atomic mass is 32.1. The highest BCUT2D eigenvalue weighted by Crippen LogP contribution is 2.42. The van der Waals surface area contributed by atoms with Gasteiger partial charge in [-0.25, -0.2) is 9.97 Å². The molecule has 1 N–H and O–H groups in total. The standard InChI is InChI=1S/C22H23N5OS/c1-3-28-20-19-18(25-22(26-20)27-11-9-23-10-12-27)17-16(15-7-5-4-6-8-15)13-14(2)24-21(17)29-19/h4-8,13,23H,3,9-12H2,1-2H3. The Morgan fingerprint density at radius 1 is 1.10 bits per heavy atom. The first-order valence-corrected chi connectivity index (χ1v) is 10.8. The number of anilines is 1. The SMILES string of the molecule is CCOc1nc(N2CCNCC2)nc2c1sc1nc(C)cc(-c3ccccc3)c12. The Balaban J connectivity index is 1.81. The Kier molecular flexibility index (Phi) is 4.77. The van der Waals surface area contributed by atoms with Crippen molar-refractivity contribution in [3.05, 3.63) is 42.1 Å². The number of nitrogens with zero attached hydrogens (tertiary/aromatic N) is 4. The van der Waals surface area contributed by atoms with E-state index in [-0.39, 0.29) is 0 Å². The maximum Gasteiger partial charge on any atom is 0.236 e. The van der Waals surface area contributed by atoms with E-state index in [0.717, 1.165) is 63.8 Å². The summed E-state index contributed by atoms with van der Waals surface area (Å²) in [5.41, 5.74) is 4.26. The van der Waals surface area contributed by atoms with E-state index in [1.807, 2.05) is 19.9 Å². The molecule has 3 aromatic heterocycles. The minimum Gasteiger partial charge on any atom is -0.477 e. The minimum atomic E-state index is 0.569. The second kappa shape index (κ2) is 7.57. The number of nitrogens with one attached hydrogen (secondary N) is 1. The summed E-state index contributed by atoms with van der Waals surface area (Å²) in [5, 5.41) is 4.47.